The van der Waals surface area contributed by atoms with Crippen molar-refractivity contribution < 1.29 is 14.6 Å². The molecule has 1 aliphatic heterocycles. The Kier molecular flexibility index (Phi) is 2.00. The molecule has 0 bridgehead atoms. The summed E-state index contributed by atoms with van der Waals surface area (Å²) in [7, 11) is 0. The van der Waals surface area contributed by atoms with Crippen LogP contribution in [0.3, 0.4) is 0 Å². The van der Waals surface area contributed by atoms with E-state index in [0.29, 0.717) is 0 Å². The third kappa shape index (κ3) is 1.20. The Morgan fingerprint density at radius 1 is 1.67 bits per heavy atom. The number of alkyl halides is 1. The van der Waals surface area contributed by atoms with E-state index in [0.717, 1.165) is 0 Å². The van der Waals surface area contributed by atoms with E-state index in [1.54, 1.807) is 0 Å². The number of nitrogens with one attached hydrogen (secondary N) is 1. The number of rotatable bonds is 1. The van der Waals surface area contributed by atoms with E-state index in [-0.39, 0.29) is 13.2 Å². The fourth-order valence-corrected chi connectivity index (χ4v) is 0.930. The molecule has 0 aromatic carbocycles. The second-order valence-corrected chi connectivity index (χ2v) is 2.20. The number of aliphatic hydroxyl groups is 2. The number of aliphatic hydroxyl groups excluding tert-OH is 2. The second kappa shape index (κ2) is 2.60. The third-order valence-electron chi connectivity index (χ3n) is 1.55. The van der Waals surface area contributed by atoms with Gasteiger partial charge in [-0.05, 0) is 0 Å². The van der Waals surface area contributed by atoms with Crippen molar-refractivity contribution in [3.8, 4) is 0 Å². The zero-order valence-corrected chi connectivity index (χ0v) is 4.92. The van der Waals surface area contributed by atoms with Crippen molar-refractivity contribution in [1.29, 1.82) is 0 Å². The van der Waals surface area contributed by atoms with Crippen LogP contribution in [0.1, 0.15) is 0 Å². The van der Waals surface area contributed by atoms with E-state index in [4.69, 9.17) is 10.2 Å². The summed E-state index contributed by atoms with van der Waals surface area (Å²) in [5, 5.41) is 20.0. The van der Waals surface area contributed by atoms with Crippen LogP contribution in [0.2, 0.25) is 0 Å². The molecule has 1 rings (SSSR count). The summed E-state index contributed by atoms with van der Waals surface area (Å²) in [6.45, 7) is -0.0615. The Hall–Kier alpha value is -0.190. The van der Waals surface area contributed by atoms with Crippen LogP contribution in [0.15, 0.2) is 0 Å². The molecule has 0 spiro atoms. The van der Waals surface area contributed by atoms with Crippen molar-refractivity contribution >= 4 is 0 Å². The largest absolute Gasteiger partial charge is 0.395 e. The number of hydrogen-bond donors (Lipinski definition) is 3. The highest BCUT2D eigenvalue weighted by Gasteiger charge is 2.33. The molecule has 0 aromatic rings. The molecule has 1 fully saturated rings. The summed E-state index contributed by atoms with van der Waals surface area (Å²) in [6, 6.07) is -0.472. The quantitative estimate of drug-likeness (QED) is 0.416. The van der Waals surface area contributed by atoms with E-state index in [2.05, 4.69) is 5.32 Å². The van der Waals surface area contributed by atoms with Gasteiger partial charge in [0.2, 0.25) is 0 Å². The van der Waals surface area contributed by atoms with E-state index in [9.17, 15) is 4.39 Å². The average Bonchev–Trinajstić information content (AvgIpc) is 2.15. The van der Waals surface area contributed by atoms with E-state index >= 15 is 0 Å². The van der Waals surface area contributed by atoms with Gasteiger partial charge in [-0.1, -0.05) is 0 Å². The monoisotopic (exact) mass is 135 g/mol. The molecule has 1 saturated heterocycles. The predicted octanol–water partition coefficient (Wildman–Crippen LogP) is -1.35. The average molecular weight is 135 g/mol. The van der Waals surface area contributed by atoms with Crippen LogP contribution >= 0.6 is 0 Å². The first-order valence-corrected chi connectivity index (χ1v) is 2.92. The maximum atomic E-state index is 12.3. The normalized spacial score (nSPS) is 43.7. The smallest absolute Gasteiger partial charge is 0.140 e. The lowest BCUT2D eigenvalue weighted by atomic mass is 10.2. The minimum absolute atomic E-state index is 0.145. The minimum Gasteiger partial charge on any atom is -0.395 e. The molecule has 0 amide bonds. The van der Waals surface area contributed by atoms with E-state index in [1.165, 1.54) is 0 Å². The van der Waals surface area contributed by atoms with Crippen LogP contribution < -0.4 is 5.32 Å². The van der Waals surface area contributed by atoms with Crippen LogP contribution in [-0.4, -0.2) is 41.7 Å². The van der Waals surface area contributed by atoms with Crippen LogP contribution in [-0.2, 0) is 0 Å². The molecule has 54 valence electrons. The first kappa shape index (κ1) is 6.92. The second-order valence-electron chi connectivity index (χ2n) is 2.20. The molecule has 9 heavy (non-hydrogen) atoms. The summed E-state index contributed by atoms with van der Waals surface area (Å²) >= 11 is 0. The zero-order chi connectivity index (χ0) is 6.85. The lowest BCUT2D eigenvalue weighted by Crippen LogP contribution is -2.35. The fraction of sp³-hybridized carbons (Fsp3) is 1.00. The standard InChI is InChI=1S/C5H10FNO2/c6-3-1-7-4(2-8)5(3)9/h3-5,7-9H,1-2H2/t3-,4+,5+/m0/s1. The van der Waals surface area contributed by atoms with Gasteiger partial charge in [0, 0.05) is 6.54 Å². The van der Waals surface area contributed by atoms with Gasteiger partial charge in [0.1, 0.15) is 12.3 Å². The Morgan fingerprint density at radius 3 is 2.56 bits per heavy atom. The Balaban J connectivity index is 2.41. The molecular formula is C5H10FNO2. The maximum Gasteiger partial charge on any atom is 0.140 e. The third-order valence-corrected chi connectivity index (χ3v) is 1.55. The SMILES string of the molecule is OC[C@H]1NC[C@H](F)[C@H]1O. The van der Waals surface area contributed by atoms with Gasteiger partial charge in [0.15, 0.2) is 0 Å². The summed E-state index contributed by atoms with van der Waals surface area (Å²) in [6.07, 6.45) is -2.25. The van der Waals surface area contributed by atoms with Crippen molar-refractivity contribution in [2.45, 2.75) is 18.3 Å². The van der Waals surface area contributed by atoms with Gasteiger partial charge in [-0.2, -0.15) is 0 Å². The summed E-state index contributed by atoms with van der Waals surface area (Å²) in [5.41, 5.74) is 0. The fourth-order valence-electron chi connectivity index (χ4n) is 0.930. The molecule has 1 heterocycles. The van der Waals surface area contributed by atoms with E-state index in [1.807, 2.05) is 0 Å². The van der Waals surface area contributed by atoms with Gasteiger partial charge in [0.05, 0.1) is 12.6 Å². The molecule has 3 atom stereocenters. The summed E-state index contributed by atoms with van der Waals surface area (Å²) in [4.78, 5) is 0. The number of halogens is 1. The van der Waals surface area contributed by atoms with Gasteiger partial charge in [-0.25, -0.2) is 4.39 Å². The van der Waals surface area contributed by atoms with Crippen LogP contribution in [0.5, 0.6) is 0 Å². The molecule has 1 aliphatic rings. The van der Waals surface area contributed by atoms with Crippen LogP contribution in [0.25, 0.3) is 0 Å². The molecular weight excluding hydrogens is 125 g/mol. The van der Waals surface area contributed by atoms with E-state index < -0.39 is 18.3 Å². The zero-order valence-electron chi connectivity index (χ0n) is 4.92. The Morgan fingerprint density at radius 2 is 2.33 bits per heavy atom. The van der Waals surface area contributed by atoms with Crippen molar-refractivity contribution in [3.05, 3.63) is 0 Å². The van der Waals surface area contributed by atoms with Crippen molar-refractivity contribution in [1.82, 2.24) is 5.32 Å². The van der Waals surface area contributed by atoms with Crippen molar-refractivity contribution in [2.24, 2.45) is 0 Å². The molecule has 4 heteroatoms. The minimum atomic E-state index is -1.22. The van der Waals surface area contributed by atoms with Gasteiger partial charge >= 0.3 is 0 Å². The van der Waals surface area contributed by atoms with Gasteiger partial charge in [-0.15, -0.1) is 0 Å². The van der Waals surface area contributed by atoms with Crippen molar-refractivity contribution in [2.75, 3.05) is 13.2 Å². The first-order chi connectivity index (χ1) is 4.25. The topological polar surface area (TPSA) is 52.5 Å². The van der Waals surface area contributed by atoms with Gasteiger partial charge < -0.3 is 15.5 Å². The molecule has 0 aromatic heterocycles. The highest BCUT2D eigenvalue weighted by molar-refractivity contribution is 4.89. The molecule has 0 aliphatic carbocycles. The molecule has 3 N–H and O–H groups in total. The molecule has 3 nitrogen and oxygen atoms in total. The van der Waals surface area contributed by atoms with Gasteiger partial charge in [0.25, 0.3) is 0 Å². The molecule has 0 radical (unpaired) electrons. The number of hydrogen-bond acceptors (Lipinski definition) is 3. The molecule has 0 saturated carbocycles. The van der Waals surface area contributed by atoms with Gasteiger partial charge in [-0.3, -0.25) is 0 Å². The maximum absolute atomic E-state index is 12.3. The molecule has 0 unspecified atom stereocenters. The Labute approximate surface area is 52.5 Å². The summed E-state index contributed by atoms with van der Waals surface area (Å²) < 4.78 is 12.3. The predicted molar refractivity (Wildman–Crippen MR) is 29.8 cm³/mol. The van der Waals surface area contributed by atoms with Crippen LogP contribution in [0, 0.1) is 0 Å². The van der Waals surface area contributed by atoms with Crippen molar-refractivity contribution in [3.63, 3.8) is 0 Å². The lowest BCUT2D eigenvalue weighted by molar-refractivity contribution is 0.0725. The Bertz CT molecular complexity index is 101. The van der Waals surface area contributed by atoms with Crippen LogP contribution in [0.4, 0.5) is 4.39 Å². The first-order valence-electron chi connectivity index (χ1n) is 2.92. The lowest BCUT2D eigenvalue weighted by Gasteiger charge is -2.10. The summed E-state index contributed by atoms with van der Waals surface area (Å²) in [5.74, 6) is 0. The highest BCUT2D eigenvalue weighted by atomic mass is 19.1. The highest BCUT2D eigenvalue weighted by Crippen LogP contribution is 2.09.